The Morgan fingerprint density at radius 1 is 1.30 bits per heavy atom. The summed E-state index contributed by atoms with van der Waals surface area (Å²) in [6.45, 7) is 1.33. The number of benzene rings is 1. The van der Waals surface area contributed by atoms with Gasteiger partial charge in [0.15, 0.2) is 0 Å². The van der Waals surface area contributed by atoms with Crippen molar-refractivity contribution in [3.63, 3.8) is 0 Å². The number of hydrogen-bond acceptors (Lipinski definition) is 3. The van der Waals surface area contributed by atoms with Gasteiger partial charge in [0.2, 0.25) is 10.0 Å². The minimum atomic E-state index is -4.20. The van der Waals surface area contributed by atoms with Crippen LogP contribution in [0.2, 0.25) is 0 Å². The molecule has 20 heavy (non-hydrogen) atoms. The summed E-state index contributed by atoms with van der Waals surface area (Å²) < 4.78 is 53.0. The van der Waals surface area contributed by atoms with Crippen LogP contribution in [0, 0.1) is 24.5 Å². The number of rotatable bonds is 4. The molecule has 0 aliphatic heterocycles. The molecule has 5 nitrogen and oxygen atoms in total. The van der Waals surface area contributed by atoms with E-state index in [4.69, 9.17) is 5.11 Å². The second-order valence-electron chi connectivity index (χ2n) is 4.86. The molecular weight excluding hydrogens is 292 g/mol. The summed E-state index contributed by atoms with van der Waals surface area (Å²) in [5.41, 5.74) is 0.0102. The number of halogens is 2. The molecule has 0 radical (unpaired) electrons. The SMILES string of the molecule is Cc1cc(F)c(S(=O)(=O)NC2CC(C(=O)O)C2)cc1F. The van der Waals surface area contributed by atoms with Crippen molar-refractivity contribution in [2.45, 2.75) is 30.7 Å². The largest absolute Gasteiger partial charge is 0.481 e. The second kappa shape index (κ2) is 5.10. The van der Waals surface area contributed by atoms with Crippen molar-refractivity contribution in [3.8, 4) is 0 Å². The molecule has 2 N–H and O–H groups in total. The van der Waals surface area contributed by atoms with E-state index in [1.165, 1.54) is 6.92 Å². The van der Waals surface area contributed by atoms with Crippen LogP contribution < -0.4 is 4.72 Å². The van der Waals surface area contributed by atoms with Gasteiger partial charge in [-0.25, -0.2) is 21.9 Å². The molecule has 8 heteroatoms. The Balaban J connectivity index is 2.16. The van der Waals surface area contributed by atoms with Gasteiger partial charge in [-0.1, -0.05) is 0 Å². The van der Waals surface area contributed by atoms with Crippen LogP contribution >= 0.6 is 0 Å². The molecule has 1 aliphatic carbocycles. The van der Waals surface area contributed by atoms with Gasteiger partial charge in [0.05, 0.1) is 5.92 Å². The van der Waals surface area contributed by atoms with Crippen LogP contribution in [0.4, 0.5) is 8.78 Å². The zero-order valence-electron chi connectivity index (χ0n) is 10.6. The maximum absolute atomic E-state index is 13.6. The van der Waals surface area contributed by atoms with Crippen molar-refractivity contribution < 1.29 is 27.1 Å². The lowest BCUT2D eigenvalue weighted by Gasteiger charge is -2.32. The first-order valence-corrected chi connectivity index (χ1v) is 7.40. The number of aryl methyl sites for hydroxylation is 1. The van der Waals surface area contributed by atoms with Crippen molar-refractivity contribution in [2.24, 2.45) is 5.92 Å². The standard InChI is InChI=1S/C12H13F2NO4S/c1-6-2-10(14)11(5-9(6)13)20(18,19)15-8-3-7(4-8)12(16)17/h2,5,7-8,15H,3-4H2,1H3,(H,16,17). The van der Waals surface area contributed by atoms with Gasteiger partial charge in [-0.05, 0) is 37.5 Å². The van der Waals surface area contributed by atoms with Crippen molar-refractivity contribution in [1.29, 1.82) is 0 Å². The van der Waals surface area contributed by atoms with Gasteiger partial charge in [-0.3, -0.25) is 4.79 Å². The Bertz CT molecular complexity index is 654. The molecule has 0 unspecified atom stereocenters. The lowest BCUT2D eigenvalue weighted by Crippen LogP contribution is -2.46. The Morgan fingerprint density at radius 3 is 2.45 bits per heavy atom. The second-order valence-corrected chi connectivity index (χ2v) is 6.54. The summed E-state index contributed by atoms with van der Waals surface area (Å²) in [7, 11) is -4.20. The van der Waals surface area contributed by atoms with Crippen LogP contribution in [0.5, 0.6) is 0 Å². The molecule has 2 rings (SSSR count). The molecule has 0 atom stereocenters. The molecule has 0 amide bonds. The zero-order chi connectivity index (χ0) is 15.1. The van der Waals surface area contributed by atoms with Gasteiger partial charge in [0, 0.05) is 6.04 Å². The number of carbonyl (C=O) groups is 1. The van der Waals surface area contributed by atoms with Crippen LogP contribution in [-0.4, -0.2) is 25.5 Å². The topological polar surface area (TPSA) is 83.5 Å². The molecule has 1 aromatic rings. The Kier molecular flexibility index (Phi) is 3.79. The minimum Gasteiger partial charge on any atom is -0.481 e. The first kappa shape index (κ1) is 14.9. The molecule has 0 bridgehead atoms. The van der Waals surface area contributed by atoms with Gasteiger partial charge in [-0.2, -0.15) is 0 Å². The molecular formula is C12H13F2NO4S. The smallest absolute Gasteiger partial charge is 0.306 e. The van der Waals surface area contributed by atoms with E-state index in [2.05, 4.69) is 4.72 Å². The molecule has 1 fully saturated rings. The summed E-state index contributed by atoms with van der Waals surface area (Å²) in [4.78, 5) is 9.85. The van der Waals surface area contributed by atoms with Crippen molar-refractivity contribution in [1.82, 2.24) is 4.72 Å². The molecule has 1 aliphatic rings. The van der Waals surface area contributed by atoms with Crippen molar-refractivity contribution in [3.05, 3.63) is 29.3 Å². The van der Waals surface area contributed by atoms with Gasteiger partial charge >= 0.3 is 5.97 Å². The fourth-order valence-electron chi connectivity index (χ4n) is 2.03. The van der Waals surface area contributed by atoms with Crippen molar-refractivity contribution >= 4 is 16.0 Å². The van der Waals surface area contributed by atoms with E-state index >= 15 is 0 Å². The molecule has 1 aromatic carbocycles. The Morgan fingerprint density at radius 2 is 1.90 bits per heavy atom. The van der Waals surface area contributed by atoms with Gasteiger partial charge in [-0.15, -0.1) is 0 Å². The predicted octanol–water partition coefficient (Wildman–Crippen LogP) is 1.41. The number of aliphatic carboxylic acids is 1. The zero-order valence-corrected chi connectivity index (χ0v) is 11.4. The average molecular weight is 305 g/mol. The highest BCUT2D eigenvalue weighted by atomic mass is 32.2. The van der Waals surface area contributed by atoms with Gasteiger partial charge < -0.3 is 5.11 Å². The summed E-state index contributed by atoms with van der Waals surface area (Å²) in [6, 6.07) is 0.871. The quantitative estimate of drug-likeness (QED) is 0.881. The maximum Gasteiger partial charge on any atom is 0.306 e. The van der Waals surface area contributed by atoms with Crippen LogP contribution in [0.1, 0.15) is 18.4 Å². The normalized spacial score (nSPS) is 22.4. The third kappa shape index (κ3) is 2.80. The lowest BCUT2D eigenvalue weighted by atomic mass is 9.81. The third-order valence-electron chi connectivity index (χ3n) is 3.31. The van der Waals surface area contributed by atoms with Crippen molar-refractivity contribution in [2.75, 3.05) is 0 Å². The highest BCUT2D eigenvalue weighted by Gasteiger charge is 2.37. The summed E-state index contributed by atoms with van der Waals surface area (Å²) in [6.07, 6.45) is 0.287. The fraction of sp³-hybridized carbons (Fsp3) is 0.417. The Labute approximate surface area is 114 Å². The van der Waals surface area contributed by atoms with E-state index in [0.29, 0.717) is 6.07 Å². The number of carboxylic acids is 1. The first-order valence-electron chi connectivity index (χ1n) is 5.91. The van der Waals surface area contributed by atoms with Gasteiger partial charge in [0.25, 0.3) is 0 Å². The van der Waals surface area contributed by atoms with E-state index in [1.807, 2.05) is 0 Å². The van der Waals surface area contributed by atoms with Crippen LogP contribution in [0.3, 0.4) is 0 Å². The minimum absolute atomic E-state index is 0.0102. The number of sulfonamides is 1. The summed E-state index contributed by atoms with van der Waals surface area (Å²) in [5, 5.41) is 8.69. The summed E-state index contributed by atoms with van der Waals surface area (Å²) >= 11 is 0. The molecule has 0 aromatic heterocycles. The van der Waals surface area contributed by atoms with E-state index < -0.39 is 44.5 Å². The van der Waals surface area contributed by atoms with E-state index in [0.717, 1.165) is 6.07 Å². The molecule has 110 valence electrons. The number of hydrogen-bond donors (Lipinski definition) is 2. The molecule has 1 saturated carbocycles. The van der Waals surface area contributed by atoms with E-state index in [-0.39, 0.29) is 18.4 Å². The number of nitrogens with one attached hydrogen (secondary N) is 1. The highest BCUT2D eigenvalue weighted by Crippen LogP contribution is 2.29. The predicted molar refractivity (Wildman–Crippen MR) is 65.6 cm³/mol. The molecule has 0 heterocycles. The van der Waals surface area contributed by atoms with Gasteiger partial charge in [0.1, 0.15) is 16.5 Å². The van der Waals surface area contributed by atoms with E-state index in [9.17, 15) is 22.0 Å². The maximum atomic E-state index is 13.6. The summed E-state index contributed by atoms with van der Waals surface area (Å²) in [5.74, 6) is -3.44. The monoisotopic (exact) mass is 305 g/mol. The Hall–Kier alpha value is -1.54. The average Bonchev–Trinajstić information content (AvgIpc) is 2.27. The fourth-order valence-corrected chi connectivity index (χ4v) is 3.37. The number of carboxylic acid groups (broad SMARTS) is 1. The molecule has 0 spiro atoms. The lowest BCUT2D eigenvalue weighted by molar-refractivity contribution is -0.145. The van der Waals surface area contributed by atoms with Crippen LogP contribution in [0.25, 0.3) is 0 Å². The van der Waals surface area contributed by atoms with E-state index in [1.54, 1.807) is 0 Å². The van der Waals surface area contributed by atoms with Crippen LogP contribution in [-0.2, 0) is 14.8 Å². The first-order chi connectivity index (χ1) is 9.20. The van der Waals surface area contributed by atoms with Crippen LogP contribution in [0.15, 0.2) is 17.0 Å². The third-order valence-corrected chi connectivity index (χ3v) is 4.85. The highest BCUT2D eigenvalue weighted by molar-refractivity contribution is 7.89. The molecule has 0 saturated heterocycles.